The van der Waals surface area contributed by atoms with Gasteiger partial charge in [0.15, 0.2) is 5.13 Å². The number of ether oxygens (including phenoxy) is 1. The summed E-state index contributed by atoms with van der Waals surface area (Å²) in [6.45, 7) is 14.5. The Balaban J connectivity index is 0.00000205. The Morgan fingerprint density at radius 3 is 2.74 bits per heavy atom. The molecule has 2 N–H and O–H groups in total. The fraction of sp³-hybridized carbons (Fsp3) is 0.448. The van der Waals surface area contributed by atoms with E-state index in [-0.39, 0.29) is 17.5 Å². The molecule has 2 aromatic rings. The first kappa shape index (κ1) is 30.0. The van der Waals surface area contributed by atoms with Crippen molar-refractivity contribution in [3.05, 3.63) is 64.4 Å². The molecule has 0 atom stereocenters. The molecule has 0 bridgehead atoms. The van der Waals surface area contributed by atoms with Crippen LogP contribution in [0.25, 0.3) is 0 Å². The normalized spacial score (nSPS) is 15.4. The second-order valence-electron chi connectivity index (χ2n) is 8.86. The lowest BCUT2D eigenvalue weighted by Crippen LogP contribution is -2.43. The molecule has 1 aromatic heterocycles. The first-order valence-electron chi connectivity index (χ1n) is 13.6. The molecule has 0 radical (unpaired) electrons. The van der Waals surface area contributed by atoms with E-state index in [2.05, 4.69) is 39.0 Å². The van der Waals surface area contributed by atoms with Crippen LogP contribution >= 0.6 is 11.3 Å². The number of aromatic nitrogens is 1. The van der Waals surface area contributed by atoms with Gasteiger partial charge in [-0.2, -0.15) is 0 Å². The Morgan fingerprint density at radius 1 is 1.28 bits per heavy atom. The number of rotatable bonds is 11. The molecule has 2 aliphatic heterocycles. The number of piperazine rings is 1. The minimum atomic E-state index is -0.362. The number of nitrogens with one attached hydrogen (secondary N) is 2. The summed E-state index contributed by atoms with van der Waals surface area (Å²) < 4.78 is 5.85. The number of carbonyl (C=O) groups excluding carboxylic acids is 2. The number of hydrogen-bond acceptors (Lipinski definition) is 8. The molecule has 2 amide bonds. The van der Waals surface area contributed by atoms with E-state index >= 15 is 0 Å². The van der Waals surface area contributed by atoms with Crippen LogP contribution in [0.4, 0.5) is 5.13 Å². The molecule has 0 saturated carbocycles. The first-order chi connectivity index (χ1) is 19.0. The molecular weight excluding hydrogens is 512 g/mol. The highest BCUT2D eigenvalue weighted by Gasteiger charge is 2.31. The zero-order valence-corrected chi connectivity index (χ0v) is 24.3. The van der Waals surface area contributed by atoms with Gasteiger partial charge in [0.2, 0.25) is 0 Å². The van der Waals surface area contributed by atoms with E-state index in [1.54, 1.807) is 29.6 Å². The molecule has 0 spiro atoms. The molecule has 10 heteroatoms. The molecule has 1 saturated heterocycles. The molecule has 39 heavy (non-hydrogen) atoms. The average Bonchev–Trinajstić information content (AvgIpc) is 3.58. The van der Waals surface area contributed by atoms with Gasteiger partial charge in [0.25, 0.3) is 11.8 Å². The smallest absolute Gasteiger partial charge is 0.275 e. The Labute approximate surface area is 235 Å². The van der Waals surface area contributed by atoms with E-state index in [0.717, 1.165) is 62.5 Å². The standard InChI is InChI=1S/C27H34N6O3S.C2H6/c1-4-6-7-14-36-20-8-9-21-19(15-20)17-33(26(21)35)27-31-23(18-37-27)25(34)30-22(16-28-3)24(5-2)32-12-10-29-11-13-32;1-2/h5,8-9,15-16,18,29H,2,4,6-7,10-14,17H2,1,3H3,(H,30,34);1-2H3/b24-22-,28-16?;. The van der Waals surface area contributed by atoms with Gasteiger partial charge in [0.1, 0.15) is 11.4 Å². The monoisotopic (exact) mass is 552 g/mol. The van der Waals surface area contributed by atoms with E-state index in [1.807, 2.05) is 32.0 Å². The lowest BCUT2D eigenvalue weighted by atomic mass is 10.1. The number of aliphatic imine (C=N–C) groups is 1. The number of unbranched alkanes of at least 4 members (excludes halogenated alkanes) is 2. The SMILES string of the molecule is C=C/C(=C(\C=NC)NC(=O)c1csc(N2Cc3cc(OCCCCC)ccc3C2=O)n1)N1CCNCC1.CC. The van der Waals surface area contributed by atoms with Crippen LogP contribution in [0.5, 0.6) is 5.75 Å². The number of anilines is 1. The van der Waals surface area contributed by atoms with Crippen LogP contribution in [0.1, 0.15) is 66.4 Å². The summed E-state index contributed by atoms with van der Waals surface area (Å²) in [7, 11) is 1.66. The largest absolute Gasteiger partial charge is 0.494 e. The Kier molecular flexibility index (Phi) is 11.7. The van der Waals surface area contributed by atoms with Crippen LogP contribution < -0.4 is 20.3 Å². The van der Waals surface area contributed by atoms with Gasteiger partial charge in [-0.15, -0.1) is 11.3 Å². The van der Waals surface area contributed by atoms with Crippen molar-refractivity contribution in [1.82, 2.24) is 20.5 Å². The van der Waals surface area contributed by atoms with Crippen molar-refractivity contribution >= 4 is 34.5 Å². The Hall–Kier alpha value is -3.50. The fourth-order valence-electron chi connectivity index (χ4n) is 4.37. The van der Waals surface area contributed by atoms with Crippen molar-refractivity contribution in [3.8, 4) is 5.75 Å². The van der Waals surface area contributed by atoms with Gasteiger partial charge in [-0.1, -0.05) is 40.2 Å². The van der Waals surface area contributed by atoms with E-state index in [0.29, 0.717) is 29.5 Å². The zero-order chi connectivity index (χ0) is 28.2. The third-order valence-corrected chi connectivity index (χ3v) is 7.15. The second-order valence-corrected chi connectivity index (χ2v) is 9.70. The third-order valence-electron chi connectivity index (χ3n) is 6.29. The molecule has 2 aliphatic rings. The van der Waals surface area contributed by atoms with Gasteiger partial charge in [-0.3, -0.25) is 19.5 Å². The molecule has 9 nitrogen and oxygen atoms in total. The summed E-state index contributed by atoms with van der Waals surface area (Å²) in [5.41, 5.74) is 3.16. The van der Waals surface area contributed by atoms with Crippen LogP contribution in [0.3, 0.4) is 0 Å². The number of benzene rings is 1. The van der Waals surface area contributed by atoms with E-state index < -0.39 is 0 Å². The van der Waals surface area contributed by atoms with E-state index in [1.165, 1.54) is 11.3 Å². The number of nitrogens with zero attached hydrogens (tertiary/aromatic N) is 4. The first-order valence-corrected chi connectivity index (χ1v) is 14.5. The highest BCUT2D eigenvalue weighted by Crippen LogP contribution is 2.32. The van der Waals surface area contributed by atoms with Crippen LogP contribution in [-0.4, -0.2) is 67.7 Å². The molecular formula is C29H40N6O3S. The van der Waals surface area contributed by atoms with E-state index in [4.69, 9.17) is 4.74 Å². The van der Waals surface area contributed by atoms with Crippen molar-refractivity contribution in [2.45, 2.75) is 46.6 Å². The molecule has 1 aromatic carbocycles. The topological polar surface area (TPSA) is 99.2 Å². The van der Waals surface area contributed by atoms with Gasteiger partial charge in [0, 0.05) is 50.4 Å². The lowest BCUT2D eigenvalue weighted by Gasteiger charge is -2.31. The number of fused-ring (bicyclic) bond motifs is 1. The van der Waals surface area contributed by atoms with Crippen molar-refractivity contribution in [3.63, 3.8) is 0 Å². The Bertz CT molecular complexity index is 1200. The predicted molar refractivity (Wildman–Crippen MR) is 159 cm³/mol. The summed E-state index contributed by atoms with van der Waals surface area (Å²) in [5.74, 6) is 0.280. The quantitative estimate of drug-likeness (QED) is 0.240. The summed E-state index contributed by atoms with van der Waals surface area (Å²) >= 11 is 1.27. The summed E-state index contributed by atoms with van der Waals surface area (Å²) in [4.78, 5) is 38.5. The van der Waals surface area contributed by atoms with Crippen LogP contribution in [0.15, 0.2) is 52.6 Å². The molecule has 210 valence electrons. The van der Waals surface area contributed by atoms with Crippen molar-refractivity contribution in [2.24, 2.45) is 4.99 Å². The lowest BCUT2D eigenvalue weighted by molar-refractivity contribution is 0.0959. The van der Waals surface area contributed by atoms with Gasteiger partial charge >= 0.3 is 0 Å². The number of thiazole rings is 1. The third kappa shape index (κ3) is 7.54. The average molecular weight is 553 g/mol. The fourth-order valence-corrected chi connectivity index (χ4v) is 5.17. The van der Waals surface area contributed by atoms with Crippen LogP contribution in [-0.2, 0) is 6.54 Å². The molecule has 0 aliphatic carbocycles. The van der Waals surface area contributed by atoms with Crippen molar-refractivity contribution < 1.29 is 14.3 Å². The number of allylic oxidation sites excluding steroid dienone is 2. The van der Waals surface area contributed by atoms with Gasteiger partial charge in [0.05, 0.1) is 24.5 Å². The van der Waals surface area contributed by atoms with Crippen molar-refractivity contribution in [1.29, 1.82) is 0 Å². The van der Waals surface area contributed by atoms with Crippen LogP contribution in [0, 0.1) is 0 Å². The zero-order valence-electron chi connectivity index (χ0n) is 23.5. The van der Waals surface area contributed by atoms with Crippen LogP contribution in [0.2, 0.25) is 0 Å². The molecule has 1 fully saturated rings. The maximum absolute atomic E-state index is 13.1. The summed E-state index contributed by atoms with van der Waals surface area (Å²) in [6.07, 6.45) is 6.63. The Morgan fingerprint density at radius 2 is 2.05 bits per heavy atom. The molecule has 3 heterocycles. The minimum absolute atomic E-state index is 0.125. The van der Waals surface area contributed by atoms with Gasteiger partial charge < -0.3 is 20.3 Å². The molecule has 4 rings (SSSR count). The van der Waals surface area contributed by atoms with Gasteiger partial charge in [-0.05, 0) is 36.3 Å². The predicted octanol–water partition coefficient (Wildman–Crippen LogP) is 4.63. The highest BCUT2D eigenvalue weighted by molar-refractivity contribution is 7.14. The number of amides is 2. The second kappa shape index (κ2) is 15.2. The van der Waals surface area contributed by atoms with Crippen molar-refractivity contribution in [2.75, 3.05) is 44.7 Å². The highest BCUT2D eigenvalue weighted by atomic mass is 32.1. The van der Waals surface area contributed by atoms with Gasteiger partial charge in [-0.25, -0.2) is 4.98 Å². The minimum Gasteiger partial charge on any atom is -0.494 e. The summed E-state index contributed by atoms with van der Waals surface area (Å²) in [6, 6.07) is 5.57. The maximum atomic E-state index is 13.1. The molecule has 0 unspecified atom stereocenters. The summed E-state index contributed by atoms with van der Waals surface area (Å²) in [5, 5.41) is 8.41. The maximum Gasteiger partial charge on any atom is 0.275 e. The van der Waals surface area contributed by atoms with E-state index in [9.17, 15) is 9.59 Å². The number of hydrogen-bond donors (Lipinski definition) is 2. The number of carbonyl (C=O) groups is 2.